The summed E-state index contributed by atoms with van der Waals surface area (Å²) in [5, 5.41) is 8.80. The van der Waals surface area contributed by atoms with Crippen molar-refractivity contribution in [2.45, 2.75) is 25.4 Å². The lowest BCUT2D eigenvalue weighted by molar-refractivity contribution is -0.138. The number of nitrogens with one attached hydrogen (secondary N) is 1. The van der Waals surface area contributed by atoms with Gasteiger partial charge in [-0.25, -0.2) is 4.98 Å². The quantitative estimate of drug-likeness (QED) is 0.374. The second-order valence-corrected chi connectivity index (χ2v) is 8.09. The zero-order chi connectivity index (χ0) is 21.9. The first-order valence-electron chi connectivity index (χ1n) is 8.86. The Balaban J connectivity index is 1.89. The lowest BCUT2D eigenvalue weighted by Crippen LogP contribution is -2.32. The van der Waals surface area contributed by atoms with Crippen LogP contribution in [0.1, 0.15) is 35.2 Å². The lowest BCUT2D eigenvalue weighted by Gasteiger charge is -2.22. The molecule has 0 radical (unpaired) electrons. The van der Waals surface area contributed by atoms with Crippen molar-refractivity contribution >= 4 is 51.6 Å². The van der Waals surface area contributed by atoms with Gasteiger partial charge in [0.1, 0.15) is 10.6 Å². The van der Waals surface area contributed by atoms with E-state index in [1.165, 1.54) is 16.2 Å². The molecular weight excluding hydrogens is 439 g/mol. The van der Waals surface area contributed by atoms with Gasteiger partial charge in [0.05, 0.1) is 11.1 Å². The molecule has 0 spiro atoms. The number of carboxylic acids is 1. The summed E-state index contributed by atoms with van der Waals surface area (Å²) in [6.07, 6.45) is -3.81. The summed E-state index contributed by atoms with van der Waals surface area (Å²) < 4.78 is 38.9. The molecule has 6 nitrogen and oxygen atoms in total. The first kappa shape index (κ1) is 21.9. The summed E-state index contributed by atoms with van der Waals surface area (Å²) in [5.74, 6) is -1.15. The summed E-state index contributed by atoms with van der Waals surface area (Å²) >= 11 is 6.33. The standard InChI is InChI=1S/C19H16F3N3O3S2/c20-19(21,22)12-6-4-11(5-7-12)17(28)25(10-2-1-3-15(26)27)14-9-8-13-16(24-14)30-18(29)23-13/h4-9H,1-3,10H2,(H,23,29)(H,26,27). The van der Waals surface area contributed by atoms with E-state index < -0.39 is 23.6 Å². The van der Waals surface area contributed by atoms with Gasteiger partial charge in [0.15, 0.2) is 3.95 Å². The molecule has 2 aromatic heterocycles. The highest BCUT2D eigenvalue weighted by Crippen LogP contribution is 2.30. The average molecular weight is 455 g/mol. The number of nitrogens with zero attached hydrogens (tertiary/aromatic N) is 2. The van der Waals surface area contributed by atoms with E-state index in [-0.39, 0.29) is 18.5 Å². The van der Waals surface area contributed by atoms with Gasteiger partial charge in [0.2, 0.25) is 0 Å². The molecule has 0 aliphatic rings. The highest BCUT2D eigenvalue weighted by atomic mass is 32.1. The molecule has 1 amide bonds. The Morgan fingerprint density at radius 3 is 2.47 bits per heavy atom. The van der Waals surface area contributed by atoms with Crippen LogP contribution in [0.5, 0.6) is 0 Å². The molecule has 158 valence electrons. The highest BCUT2D eigenvalue weighted by Gasteiger charge is 2.30. The van der Waals surface area contributed by atoms with E-state index >= 15 is 0 Å². The van der Waals surface area contributed by atoms with Crippen molar-refractivity contribution in [1.82, 2.24) is 9.97 Å². The van der Waals surface area contributed by atoms with Crippen LogP contribution in [0.3, 0.4) is 0 Å². The van der Waals surface area contributed by atoms with Crippen LogP contribution in [-0.2, 0) is 11.0 Å². The van der Waals surface area contributed by atoms with E-state index in [9.17, 15) is 22.8 Å². The van der Waals surface area contributed by atoms with Crippen LogP contribution in [0.2, 0.25) is 0 Å². The Labute approximate surface area is 178 Å². The Morgan fingerprint density at radius 2 is 1.83 bits per heavy atom. The molecule has 3 aromatic rings. The van der Waals surface area contributed by atoms with Gasteiger partial charge in [-0.3, -0.25) is 14.5 Å². The van der Waals surface area contributed by atoms with Crippen LogP contribution < -0.4 is 4.90 Å². The van der Waals surface area contributed by atoms with E-state index in [4.69, 9.17) is 17.3 Å². The molecule has 0 atom stereocenters. The average Bonchev–Trinajstić information content (AvgIpc) is 3.06. The molecule has 0 bridgehead atoms. The Morgan fingerprint density at radius 1 is 1.13 bits per heavy atom. The molecule has 0 saturated carbocycles. The summed E-state index contributed by atoms with van der Waals surface area (Å²) in [4.78, 5) is 33.1. The number of aromatic nitrogens is 2. The minimum absolute atomic E-state index is 0.0477. The number of alkyl halides is 3. The number of carbonyl (C=O) groups is 2. The zero-order valence-corrected chi connectivity index (χ0v) is 17.0. The van der Waals surface area contributed by atoms with Gasteiger partial charge in [-0.1, -0.05) is 11.3 Å². The normalized spacial score (nSPS) is 11.6. The Bertz CT molecular complexity index is 1120. The third kappa shape index (κ3) is 5.22. The van der Waals surface area contributed by atoms with E-state index in [1.807, 2.05) is 0 Å². The number of halogens is 3. The number of thiazole rings is 1. The molecule has 3 rings (SSSR count). The zero-order valence-electron chi connectivity index (χ0n) is 15.4. The Kier molecular flexibility index (Phi) is 6.52. The summed E-state index contributed by atoms with van der Waals surface area (Å²) in [6, 6.07) is 7.27. The number of fused-ring (bicyclic) bond motifs is 1. The SMILES string of the molecule is O=C(O)CCCCN(C(=O)c1ccc(C(F)(F)F)cc1)c1ccc2[nH]c(=S)sc2n1. The molecule has 1 aromatic carbocycles. The molecule has 2 N–H and O–H groups in total. The van der Waals surface area contributed by atoms with Crippen molar-refractivity contribution in [3.05, 3.63) is 51.5 Å². The molecule has 30 heavy (non-hydrogen) atoms. The van der Waals surface area contributed by atoms with Crippen molar-refractivity contribution in [3.8, 4) is 0 Å². The number of hydrogen-bond acceptors (Lipinski definition) is 5. The third-order valence-corrected chi connectivity index (χ3v) is 5.42. The predicted molar refractivity (Wildman–Crippen MR) is 109 cm³/mol. The van der Waals surface area contributed by atoms with Gasteiger partial charge in [-0.05, 0) is 61.5 Å². The maximum absolute atomic E-state index is 13.0. The van der Waals surface area contributed by atoms with Crippen LogP contribution >= 0.6 is 23.6 Å². The molecule has 0 saturated heterocycles. The van der Waals surface area contributed by atoms with Gasteiger partial charge < -0.3 is 10.1 Å². The number of carbonyl (C=O) groups excluding carboxylic acids is 1. The molecule has 0 aliphatic heterocycles. The molecule has 0 unspecified atom stereocenters. The number of rotatable bonds is 7. The molecule has 2 heterocycles. The number of amides is 1. The minimum Gasteiger partial charge on any atom is -0.481 e. The smallest absolute Gasteiger partial charge is 0.416 e. The third-order valence-electron chi connectivity index (χ3n) is 4.27. The van der Waals surface area contributed by atoms with Gasteiger partial charge >= 0.3 is 12.1 Å². The fraction of sp³-hybridized carbons (Fsp3) is 0.263. The number of aromatic amines is 1. The van der Waals surface area contributed by atoms with Gasteiger partial charge in [0, 0.05) is 18.5 Å². The maximum Gasteiger partial charge on any atom is 0.416 e. The molecule has 11 heteroatoms. The number of carboxylic acid groups (broad SMARTS) is 1. The number of aliphatic carboxylic acids is 1. The van der Waals surface area contributed by atoms with Crippen molar-refractivity contribution in [1.29, 1.82) is 0 Å². The van der Waals surface area contributed by atoms with Gasteiger partial charge in [0.25, 0.3) is 5.91 Å². The summed E-state index contributed by atoms with van der Waals surface area (Å²) in [7, 11) is 0. The molecule has 0 aliphatic carbocycles. The van der Waals surface area contributed by atoms with E-state index in [2.05, 4.69) is 9.97 Å². The van der Waals surface area contributed by atoms with Crippen LogP contribution in [-0.4, -0.2) is 33.5 Å². The van der Waals surface area contributed by atoms with Gasteiger partial charge in [-0.2, -0.15) is 13.2 Å². The van der Waals surface area contributed by atoms with Crippen molar-refractivity contribution in [2.75, 3.05) is 11.4 Å². The van der Waals surface area contributed by atoms with E-state index in [0.29, 0.717) is 33.0 Å². The second-order valence-electron chi connectivity index (χ2n) is 6.42. The summed E-state index contributed by atoms with van der Waals surface area (Å²) in [5.41, 5.74) is -0.0647. The molecular formula is C19H16F3N3O3S2. The monoisotopic (exact) mass is 455 g/mol. The van der Waals surface area contributed by atoms with Crippen molar-refractivity contribution < 1.29 is 27.9 Å². The van der Waals surface area contributed by atoms with E-state index in [1.54, 1.807) is 12.1 Å². The number of unbranched alkanes of at least 4 members (excludes halogenated alkanes) is 1. The summed E-state index contributed by atoms with van der Waals surface area (Å²) in [6.45, 7) is 0.168. The number of hydrogen-bond donors (Lipinski definition) is 2. The maximum atomic E-state index is 13.0. The largest absolute Gasteiger partial charge is 0.481 e. The fourth-order valence-corrected chi connectivity index (χ4v) is 3.85. The number of H-pyrrole nitrogens is 1. The van der Waals surface area contributed by atoms with Crippen LogP contribution in [0.25, 0.3) is 10.3 Å². The Hall–Kier alpha value is -2.79. The second kappa shape index (κ2) is 8.92. The fourth-order valence-electron chi connectivity index (χ4n) is 2.80. The minimum atomic E-state index is -4.50. The first-order chi connectivity index (χ1) is 14.1. The predicted octanol–water partition coefficient (Wildman–Crippen LogP) is 5.27. The first-order valence-corrected chi connectivity index (χ1v) is 10.1. The molecule has 0 fully saturated rings. The van der Waals surface area contributed by atoms with Crippen molar-refractivity contribution in [2.24, 2.45) is 0 Å². The number of anilines is 1. The topological polar surface area (TPSA) is 86.3 Å². The van der Waals surface area contributed by atoms with Crippen LogP contribution in [0.15, 0.2) is 36.4 Å². The van der Waals surface area contributed by atoms with E-state index in [0.717, 1.165) is 24.3 Å². The lowest BCUT2D eigenvalue weighted by atomic mass is 10.1. The van der Waals surface area contributed by atoms with Crippen LogP contribution in [0, 0.1) is 3.95 Å². The van der Waals surface area contributed by atoms with Crippen LogP contribution in [0.4, 0.5) is 19.0 Å². The highest BCUT2D eigenvalue weighted by molar-refractivity contribution is 7.73. The van der Waals surface area contributed by atoms with Crippen molar-refractivity contribution in [3.63, 3.8) is 0 Å². The van der Waals surface area contributed by atoms with Gasteiger partial charge in [-0.15, -0.1) is 0 Å². The number of benzene rings is 1. The number of pyridine rings is 1.